The predicted molar refractivity (Wildman–Crippen MR) is 76.6 cm³/mol. The van der Waals surface area contributed by atoms with Crippen molar-refractivity contribution in [3.8, 4) is 5.75 Å². The molecule has 1 unspecified atom stereocenters. The maximum atomic E-state index is 5.76. The quantitative estimate of drug-likeness (QED) is 0.660. The zero-order valence-electron chi connectivity index (χ0n) is 12.1. The molecule has 4 nitrogen and oxygen atoms in total. The van der Waals surface area contributed by atoms with Crippen LogP contribution >= 0.6 is 0 Å². The Labute approximate surface area is 116 Å². The highest BCUT2D eigenvalue weighted by Crippen LogP contribution is 2.17. The molecule has 0 aliphatic rings. The van der Waals surface area contributed by atoms with Crippen molar-refractivity contribution in [2.45, 2.75) is 26.5 Å². The SMILES string of the molecule is CCNCc1ccccc1OCCOC(C)COC. The van der Waals surface area contributed by atoms with E-state index in [0.717, 1.165) is 18.8 Å². The van der Waals surface area contributed by atoms with Crippen LogP contribution in [0.4, 0.5) is 0 Å². The molecular formula is C15H25NO3. The molecule has 1 atom stereocenters. The van der Waals surface area contributed by atoms with Gasteiger partial charge >= 0.3 is 0 Å². The lowest BCUT2D eigenvalue weighted by Gasteiger charge is -2.14. The zero-order valence-corrected chi connectivity index (χ0v) is 12.1. The van der Waals surface area contributed by atoms with E-state index in [1.54, 1.807) is 7.11 Å². The molecule has 1 rings (SSSR count). The van der Waals surface area contributed by atoms with E-state index < -0.39 is 0 Å². The summed E-state index contributed by atoms with van der Waals surface area (Å²) in [4.78, 5) is 0. The number of benzene rings is 1. The summed E-state index contributed by atoms with van der Waals surface area (Å²) in [5.74, 6) is 0.923. The Kier molecular flexibility index (Phi) is 8.21. The summed E-state index contributed by atoms with van der Waals surface area (Å²) in [6.07, 6.45) is 0.102. The van der Waals surface area contributed by atoms with Crippen molar-refractivity contribution in [3.63, 3.8) is 0 Å². The van der Waals surface area contributed by atoms with Gasteiger partial charge in [-0.15, -0.1) is 0 Å². The van der Waals surface area contributed by atoms with Gasteiger partial charge < -0.3 is 19.5 Å². The Morgan fingerprint density at radius 2 is 2.00 bits per heavy atom. The van der Waals surface area contributed by atoms with Gasteiger partial charge in [0.2, 0.25) is 0 Å². The van der Waals surface area contributed by atoms with Crippen LogP contribution in [-0.2, 0) is 16.0 Å². The van der Waals surface area contributed by atoms with Crippen LogP contribution in [-0.4, -0.2) is 39.6 Å². The second-order valence-corrected chi connectivity index (χ2v) is 4.37. The van der Waals surface area contributed by atoms with E-state index in [9.17, 15) is 0 Å². The Morgan fingerprint density at radius 3 is 2.74 bits per heavy atom. The van der Waals surface area contributed by atoms with E-state index in [1.165, 1.54) is 5.56 Å². The number of hydrogen-bond donors (Lipinski definition) is 1. The van der Waals surface area contributed by atoms with E-state index in [0.29, 0.717) is 19.8 Å². The van der Waals surface area contributed by atoms with Crippen molar-refractivity contribution in [3.05, 3.63) is 29.8 Å². The predicted octanol–water partition coefficient (Wildman–Crippen LogP) is 2.23. The molecular weight excluding hydrogens is 242 g/mol. The lowest BCUT2D eigenvalue weighted by molar-refractivity contribution is -0.00223. The smallest absolute Gasteiger partial charge is 0.123 e. The summed E-state index contributed by atoms with van der Waals surface area (Å²) in [7, 11) is 1.67. The lowest BCUT2D eigenvalue weighted by Crippen LogP contribution is -2.19. The zero-order chi connectivity index (χ0) is 13.9. The van der Waals surface area contributed by atoms with Crippen LogP contribution in [0.5, 0.6) is 5.75 Å². The third-order valence-electron chi connectivity index (χ3n) is 2.68. The maximum Gasteiger partial charge on any atom is 0.123 e. The van der Waals surface area contributed by atoms with Gasteiger partial charge in [0.05, 0.1) is 19.3 Å². The van der Waals surface area contributed by atoms with Crippen LogP contribution in [0, 0.1) is 0 Å². The summed E-state index contributed by atoms with van der Waals surface area (Å²) in [6.45, 7) is 7.59. The Hall–Kier alpha value is -1.10. The fraction of sp³-hybridized carbons (Fsp3) is 0.600. The van der Waals surface area contributed by atoms with Gasteiger partial charge in [0.25, 0.3) is 0 Å². The Morgan fingerprint density at radius 1 is 1.21 bits per heavy atom. The standard InChI is InChI=1S/C15H25NO3/c1-4-16-11-14-7-5-6-8-15(14)19-10-9-18-13(2)12-17-3/h5-8,13,16H,4,9-12H2,1-3H3. The van der Waals surface area contributed by atoms with Crippen molar-refractivity contribution in [2.75, 3.05) is 33.5 Å². The third-order valence-corrected chi connectivity index (χ3v) is 2.68. The fourth-order valence-electron chi connectivity index (χ4n) is 1.73. The minimum absolute atomic E-state index is 0.102. The minimum Gasteiger partial charge on any atom is -0.491 e. The first kappa shape index (κ1) is 16.0. The van der Waals surface area contributed by atoms with E-state index in [-0.39, 0.29) is 6.10 Å². The van der Waals surface area contributed by atoms with Crippen LogP contribution < -0.4 is 10.1 Å². The summed E-state index contributed by atoms with van der Waals surface area (Å²) in [6, 6.07) is 8.08. The summed E-state index contributed by atoms with van der Waals surface area (Å²) < 4.78 is 16.3. The number of methoxy groups -OCH3 is 1. The molecule has 0 amide bonds. The van der Waals surface area contributed by atoms with Gasteiger partial charge in [-0.1, -0.05) is 25.1 Å². The molecule has 0 aromatic heterocycles. The lowest BCUT2D eigenvalue weighted by atomic mass is 10.2. The molecule has 0 saturated carbocycles. The van der Waals surface area contributed by atoms with Crippen LogP contribution in [0.1, 0.15) is 19.4 Å². The molecule has 0 radical (unpaired) electrons. The average molecular weight is 267 g/mol. The molecule has 0 fully saturated rings. The first-order valence-electron chi connectivity index (χ1n) is 6.79. The molecule has 4 heteroatoms. The fourth-order valence-corrected chi connectivity index (χ4v) is 1.73. The molecule has 108 valence electrons. The normalized spacial score (nSPS) is 12.4. The first-order chi connectivity index (χ1) is 9.27. The van der Waals surface area contributed by atoms with Gasteiger partial charge in [0.1, 0.15) is 12.4 Å². The van der Waals surface area contributed by atoms with Crippen LogP contribution in [0.2, 0.25) is 0 Å². The van der Waals surface area contributed by atoms with E-state index in [1.807, 2.05) is 25.1 Å². The summed E-state index contributed by atoms with van der Waals surface area (Å²) in [5.41, 5.74) is 1.18. The topological polar surface area (TPSA) is 39.7 Å². The van der Waals surface area contributed by atoms with Crippen LogP contribution in [0.25, 0.3) is 0 Å². The highest BCUT2D eigenvalue weighted by Gasteiger charge is 2.04. The molecule has 0 heterocycles. The van der Waals surface area contributed by atoms with Crippen LogP contribution in [0.3, 0.4) is 0 Å². The third kappa shape index (κ3) is 6.57. The summed E-state index contributed by atoms with van der Waals surface area (Å²) >= 11 is 0. The van der Waals surface area contributed by atoms with E-state index >= 15 is 0 Å². The monoisotopic (exact) mass is 267 g/mol. The van der Waals surface area contributed by atoms with Crippen LogP contribution in [0.15, 0.2) is 24.3 Å². The van der Waals surface area contributed by atoms with Crippen molar-refractivity contribution in [1.29, 1.82) is 0 Å². The van der Waals surface area contributed by atoms with Gasteiger partial charge in [-0.05, 0) is 19.5 Å². The number of ether oxygens (including phenoxy) is 3. The molecule has 1 aromatic rings. The van der Waals surface area contributed by atoms with Crippen molar-refractivity contribution >= 4 is 0 Å². The van der Waals surface area contributed by atoms with Gasteiger partial charge in [0.15, 0.2) is 0 Å². The number of rotatable bonds is 10. The first-order valence-corrected chi connectivity index (χ1v) is 6.79. The molecule has 0 aliphatic heterocycles. The van der Waals surface area contributed by atoms with Gasteiger partial charge in [0, 0.05) is 19.2 Å². The van der Waals surface area contributed by atoms with Crippen molar-refractivity contribution in [2.24, 2.45) is 0 Å². The molecule has 0 aliphatic carbocycles. The largest absolute Gasteiger partial charge is 0.491 e. The maximum absolute atomic E-state index is 5.76. The number of hydrogen-bond acceptors (Lipinski definition) is 4. The van der Waals surface area contributed by atoms with Crippen molar-refractivity contribution in [1.82, 2.24) is 5.32 Å². The van der Waals surface area contributed by atoms with E-state index in [4.69, 9.17) is 14.2 Å². The highest BCUT2D eigenvalue weighted by atomic mass is 16.5. The second-order valence-electron chi connectivity index (χ2n) is 4.37. The van der Waals surface area contributed by atoms with Gasteiger partial charge in [-0.3, -0.25) is 0 Å². The Bertz CT molecular complexity index is 344. The number of nitrogens with one attached hydrogen (secondary N) is 1. The van der Waals surface area contributed by atoms with Gasteiger partial charge in [-0.25, -0.2) is 0 Å². The molecule has 19 heavy (non-hydrogen) atoms. The molecule has 0 saturated heterocycles. The highest BCUT2D eigenvalue weighted by molar-refractivity contribution is 5.33. The molecule has 1 aromatic carbocycles. The second kappa shape index (κ2) is 9.78. The molecule has 1 N–H and O–H groups in total. The minimum atomic E-state index is 0.102. The number of para-hydroxylation sites is 1. The summed E-state index contributed by atoms with van der Waals surface area (Å²) in [5, 5.41) is 3.30. The van der Waals surface area contributed by atoms with Crippen molar-refractivity contribution < 1.29 is 14.2 Å². The molecule has 0 spiro atoms. The Balaban J connectivity index is 2.32. The van der Waals surface area contributed by atoms with E-state index in [2.05, 4.69) is 18.3 Å². The average Bonchev–Trinajstić information content (AvgIpc) is 2.42. The van der Waals surface area contributed by atoms with Gasteiger partial charge in [-0.2, -0.15) is 0 Å². The molecule has 0 bridgehead atoms.